The lowest BCUT2D eigenvalue weighted by Gasteiger charge is -2.17. The van der Waals surface area contributed by atoms with Crippen molar-refractivity contribution in [2.24, 2.45) is 0 Å². The van der Waals surface area contributed by atoms with Gasteiger partial charge in [-0.05, 0) is 43.3 Å². The van der Waals surface area contributed by atoms with Crippen LogP contribution in [-0.2, 0) is 4.79 Å². The zero-order valence-electron chi connectivity index (χ0n) is 16.3. The van der Waals surface area contributed by atoms with Gasteiger partial charge in [0.1, 0.15) is 16.9 Å². The fourth-order valence-corrected chi connectivity index (χ4v) is 2.94. The van der Waals surface area contributed by atoms with Crippen LogP contribution < -0.4 is 20.3 Å². The molecule has 0 fully saturated rings. The summed E-state index contributed by atoms with van der Waals surface area (Å²) in [5.74, 6) is 0.918. The van der Waals surface area contributed by atoms with Crippen molar-refractivity contribution in [1.29, 1.82) is 0 Å². The van der Waals surface area contributed by atoms with E-state index >= 15 is 0 Å². The lowest BCUT2D eigenvalue weighted by Crippen LogP contribution is -2.30. The Balaban J connectivity index is 1.57. The molecule has 0 aliphatic carbocycles. The number of methoxy groups -OCH3 is 1. The number of hydrogen-bond donors (Lipinski definition) is 2. The molecule has 0 aliphatic heterocycles. The van der Waals surface area contributed by atoms with Gasteiger partial charge in [0.05, 0.1) is 31.0 Å². The van der Waals surface area contributed by atoms with Crippen molar-refractivity contribution >= 4 is 22.6 Å². The van der Waals surface area contributed by atoms with Gasteiger partial charge in [-0.1, -0.05) is 12.1 Å². The standard InChI is InChI=1S/C21H19N5O4/c1-13(30-15-9-7-14(29-2)8-10-15)20(27)25-17-5-3-4-6-18(17)26-19-16(11-24-26)21(28)23-12-22-19/h3-13H,1-2H3,(H,25,27)(H,22,23,28). The molecule has 2 N–H and O–H groups in total. The first-order chi connectivity index (χ1) is 14.6. The molecule has 4 rings (SSSR count). The van der Waals surface area contributed by atoms with E-state index in [9.17, 15) is 9.59 Å². The molecule has 1 amide bonds. The van der Waals surface area contributed by atoms with Crippen LogP contribution in [0.3, 0.4) is 0 Å². The Morgan fingerprint density at radius 2 is 1.87 bits per heavy atom. The first-order valence-electron chi connectivity index (χ1n) is 9.19. The van der Waals surface area contributed by atoms with Crippen molar-refractivity contribution < 1.29 is 14.3 Å². The van der Waals surface area contributed by atoms with Crippen molar-refractivity contribution in [1.82, 2.24) is 19.7 Å². The number of carbonyl (C=O) groups is 1. The molecule has 0 saturated carbocycles. The summed E-state index contributed by atoms with van der Waals surface area (Å²) in [4.78, 5) is 31.4. The number of aromatic amines is 1. The second-order valence-corrected chi connectivity index (χ2v) is 6.47. The summed E-state index contributed by atoms with van der Waals surface area (Å²) in [6.07, 6.45) is 2.01. The van der Waals surface area contributed by atoms with Crippen LogP contribution in [0.1, 0.15) is 6.92 Å². The number of nitrogens with one attached hydrogen (secondary N) is 2. The van der Waals surface area contributed by atoms with Crippen LogP contribution in [0, 0.1) is 0 Å². The number of hydrogen-bond acceptors (Lipinski definition) is 6. The predicted molar refractivity (Wildman–Crippen MR) is 111 cm³/mol. The van der Waals surface area contributed by atoms with Gasteiger partial charge in [0, 0.05) is 0 Å². The maximum absolute atomic E-state index is 12.7. The number of rotatable bonds is 6. The van der Waals surface area contributed by atoms with E-state index in [0.29, 0.717) is 33.9 Å². The smallest absolute Gasteiger partial charge is 0.265 e. The van der Waals surface area contributed by atoms with Crippen LogP contribution in [0.2, 0.25) is 0 Å². The third-order valence-corrected chi connectivity index (χ3v) is 4.50. The van der Waals surface area contributed by atoms with Crippen LogP contribution in [-0.4, -0.2) is 38.9 Å². The van der Waals surface area contributed by atoms with Crippen LogP contribution in [0.4, 0.5) is 5.69 Å². The van der Waals surface area contributed by atoms with E-state index in [1.54, 1.807) is 56.5 Å². The molecule has 0 spiro atoms. The number of carbonyl (C=O) groups excluding carboxylic acids is 1. The van der Waals surface area contributed by atoms with Gasteiger partial charge in [0.15, 0.2) is 11.8 Å². The summed E-state index contributed by atoms with van der Waals surface area (Å²) < 4.78 is 12.3. The van der Waals surface area contributed by atoms with Gasteiger partial charge < -0.3 is 19.8 Å². The molecule has 9 nitrogen and oxygen atoms in total. The molecule has 4 aromatic rings. The van der Waals surface area contributed by atoms with E-state index in [1.165, 1.54) is 17.2 Å². The highest BCUT2D eigenvalue weighted by Crippen LogP contribution is 2.23. The molecule has 1 atom stereocenters. The number of anilines is 1. The van der Waals surface area contributed by atoms with Crippen molar-refractivity contribution in [2.75, 3.05) is 12.4 Å². The highest BCUT2D eigenvalue weighted by molar-refractivity contribution is 5.96. The number of benzene rings is 2. The zero-order valence-corrected chi connectivity index (χ0v) is 16.3. The molecular formula is C21H19N5O4. The summed E-state index contributed by atoms with van der Waals surface area (Å²) in [5.41, 5.74) is 1.20. The number of H-pyrrole nitrogens is 1. The number of aromatic nitrogens is 4. The van der Waals surface area contributed by atoms with Gasteiger partial charge in [0.2, 0.25) is 0 Å². The normalized spacial score (nSPS) is 11.8. The highest BCUT2D eigenvalue weighted by Gasteiger charge is 2.18. The average molecular weight is 405 g/mol. The summed E-state index contributed by atoms with van der Waals surface area (Å²) in [7, 11) is 1.58. The SMILES string of the molecule is COc1ccc(OC(C)C(=O)Nc2ccccc2-n2ncc3c(=O)[nH]cnc32)cc1. The molecule has 0 saturated heterocycles. The molecule has 0 radical (unpaired) electrons. The predicted octanol–water partition coefficient (Wildman–Crippen LogP) is 2.52. The van der Waals surface area contributed by atoms with E-state index in [2.05, 4.69) is 20.4 Å². The maximum Gasteiger partial charge on any atom is 0.265 e. The van der Waals surface area contributed by atoms with E-state index in [-0.39, 0.29) is 11.5 Å². The molecule has 2 heterocycles. The van der Waals surface area contributed by atoms with E-state index < -0.39 is 6.10 Å². The first-order valence-corrected chi connectivity index (χ1v) is 9.19. The van der Waals surface area contributed by atoms with E-state index in [4.69, 9.17) is 9.47 Å². The minimum atomic E-state index is -0.748. The van der Waals surface area contributed by atoms with Crippen molar-refractivity contribution in [3.63, 3.8) is 0 Å². The van der Waals surface area contributed by atoms with Crippen molar-refractivity contribution in [3.05, 3.63) is 71.4 Å². The van der Waals surface area contributed by atoms with Gasteiger partial charge in [-0.25, -0.2) is 9.67 Å². The monoisotopic (exact) mass is 405 g/mol. The fraction of sp³-hybridized carbons (Fsp3) is 0.143. The topological polar surface area (TPSA) is 111 Å². The summed E-state index contributed by atoms with van der Waals surface area (Å²) in [6.45, 7) is 1.66. The minimum absolute atomic E-state index is 0.283. The Kier molecular flexibility index (Phi) is 5.17. The Morgan fingerprint density at radius 1 is 1.13 bits per heavy atom. The van der Waals surface area contributed by atoms with Crippen LogP contribution >= 0.6 is 0 Å². The van der Waals surface area contributed by atoms with Gasteiger partial charge in [-0.15, -0.1) is 0 Å². The van der Waals surface area contributed by atoms with Crippen molar-refractivity contribution in [3.8, 4) is 17.2 Å². The lowest BCUT2D eigenvalue weighted by molar-refractivity contribution is -0.122. The minimum Gasteiger partial charge on any atom is -0.497 e. The van der Waals surface area contributed by atoms with Crippen LogP contribution in [0.5, 0.6) is 11.5 Å². The zero-order chi connectivity index (χ0) is 21.1. The average Bonchev–Trinajstić information content (AvgIpc) is 3.20. The fourth-order valence-electron chi connectivity index (χ4n) is 2.94. The molecule has 0 bridgehead atoms. The van der Waals surface area contributed by atoms with Crippen LogP contribution in [0.25, 0.3) is 16.7 Å². The molecule has 1 unspecified atom stereocenters. The number of ether oxygens (including phenoxy) is 2. The van der Waals surface area contributed by atoms with Gasteiger partial charge in [-0.2, -0.15) is 5.10 Å². The largest absolute Gasteiger partial charge is 0.497 e. The summed E-state index contributed by atoms with van der Waals surface area (Å²) in [5, 5.41) is 7.48. The summed E-state index contributed by atoms with van der Waals surface area (Å²) in [6, 6.07) is 14.1. The van der Waals surface area contributed by atoms with Gasteiger partial charge in [-0.3, -0.25) is 9.59 Å². The van der Waals surface area contributed by atoms with Crippen molar-refractivity contribution in [2.45, 2.75) is 13.0 Å². The summed E-state index contributed by atoms with van der Waals surface area (Å²) >= 11 is 0. The third kappa shape index (κ3) is 3.72. The second-order valence-electron chi connectivity index (χ2n) is 6.47. The molecule has 0 aliphatic rings. The number of fused-ring (bicyclic) bond motifs is 1. The number of nitrogens with zero attached hydrogens (tertiary/aromatic N) is 3. The Hall–Kier alpha value is -4.14. The highest BCUT2D eigenvalue weighted by atomic mass is 16.5. The second kappa shape index (κ2) is 8.08. The molecule has 2 aromatic heterocycles. The quantitative estimate of drug-likeness (QED) is 0.510. The van der Waals surface area contributed by atoms with E-state index in [0.717, 1.165) is 0 Å². The number of amides is 1. The number of para-hydroxylation sites is 2. The van der Waals surface area contributed by atoms with E-state index in [1.807, 2.05) is 6.07 Å². The Morgan fingerprint density at radius 3 is 2.63 bits per heavy atom. The van der Waals surface area contributed by atoms with Crippen LogP contribution in [0.15, 0.2) is 65.8 Å². The molecular weight excluding hydrogens is 386 g/mol. The maximum atomic E-state index is 12.7. The van der Waals surface area contributed by atoms with Gasteiger partial charge in [0.25, 0.3) is 11.5 Å². The third-order valence-electron chi connectivity index (χ3n) is 4.50. The molecule has 2 aromatic carbocycles. The lowest BCUT2D eigenvalue weighted by atomic mass is 10.2. The molecule has 30 heavy (non-hydrogen) atoms. The molecule has 152 valence electrons. The first kappa shape index (κ1) is 19.2. The van der Waals surface area contributed by atoms with Gasteiger partial charge >= 0.3 is 0 Å². The molecule has 9 heteroatoms. The Labute approximate surface area is 171 Å². The Bertz CT molecular complexity index is 1250.